The van der Waals surface area contributed by atoms with Crippen LogP contribution in [-0.4, -0.2) is 20.9 Å². The van der Waals surface area contributed by atoms with Crippen LogP contribution in [0.4, 0.5) is 16.2 Å². The van der Waals surface area contributed by atoms with Crippen LogP contribution in [0.15, 0.2) is 18.3 Å². The van der Waals surface area contributed by atoms with E-state index >= 15 is 0 Å². The van der Waals surface area contributed by atoms with Gasteiger partial charge in [0.25, 0.3) is 0 Å². The Morgan fingerprint density at radius 3 is 2.86 bits per heavy atom. The third-order valence-corrected chi connectivity index (χ3v) is 4.05. The molecule has 0 aromatic carbocycles. The van der Waals surface area contributed by atoms with E-state index in [4.69, 9.17) is 23.2 Å². The number of nitrogens with two attached hydrogens (primary N) is 2. The number of hydrazine groups is 1. The molecular formula is C11H9ClFIN6O. The van der Waals surface area contributed by atoms with Gasteiger partial charge in [-0.3, -0.25) is 9.78 Å². The van der Waals surface area contributed by atoms with Crippen LogP contribution in [0.3, 0.4) is 0 Å². The summed E-state index contributed by atoms with van der Waals surface area (Å²) in [6, 6.07) is 2.64. The van der Waals surface area contributed by atoms with E-state index in [9.17, 15) is 9.18 Å². The molecule has 2 heterocycles. The van der Waals surface area contributed by atoms with Crippen molar-refractivity contribution in [3.8, 4) is 0 Å². The van der Waals surface area contributed by atoms with Gasteiger partial charge in [-0.15, -0.1) is 0 Å². The summed E-state index contributed by atoms with van der Waals surface area (Å²) < 4.78 is 13.8. The highest BCUT2D eigenvalue weighted by atomic mass is 127. The number of hydrogen-bond donors (Lipinski definition) is 2. The third kappa shape index (κ3) is 3.54. The lowest BCUT2D eigenvalue weighted by Crippen LogP contribution is -2.40. The van der Waals surface area contributed by atoms with E-state index in [1.165, 1.54) is 18.3 Å². The first-order valence-electron chi connectivity index (χ1n) is 5.55. The maximum atomic E-state index is 13.5. The maximum absolute atomic E-state index is 13.5. The van der Waals surface area contributed by atoms with Gasteiger partial charge in [-0.05, 0) is 34.7 Å². The molecule has 0 bridgehead atoms. The van der Waals surface area contributed by atoms with Gasteiger partial charge in [0.1, 0.15) is 11.0 Å². The van der Waals surface area contributed by atoms with Gasteiger partial charge < -0.3 is 5.73 Å². The van der Waals surface area contributed by atoms with Crippen molar-refractivity contribution in [2.24, 2.45) is 5.84 Å². The van der Waals surface area contributed by atoms with E-state index in [0.29, 0.717) is 3.57 Å². The lowest BCUT2D eigenvalue weighted by Gasteiger charge is -2.17. The van der Waals surface area contributed by atoms with E-state index in [2.05, 4.69) is 15.0 Å². The Balaban J connectivity index is 2.26. The quantitative estimate of drug-likeness (QED) is 0.254. The van der Waals surface area contributed by atoms with Crippen LogP contribution in [0.1, 0.15) is 5.69 Å². The van der Waals surface area contributed by atoms with Gasteiger partial charge in [0.05, 0.1) is 15.7 Å². The molecule has 7 nitrogen and oxygen atoms in total. The van der Waals surface area contributed by atoms with Crippen molar-refractivity contribution in [2.45, 2.75) is 6.42 Å². The molecule has 21 heavy (non-hydrogen) atoms. The van der Waals surface area contributed by atoms with Crippen LogP contribution in [0.5, 0.6) is 0 Å². The first-order chi connectivity index (χ1) is 9.90. The number of aromatic nitrogens is 3. The van der Waals surface area contributed by atoms with Crippen molar-refractivity contribution < 1.29 is 9.18 Å². The van der Waals surface area contributed by atoms with Crippen molar-refractivity contribution in [1.82, 2.24) is 15.0 Å². The van der Waals surface area contributed by atoms with Crippen LogP contribution in [-0.2, 0) is 11.2 Å². The monoisotopic (exact) mass is 422 g/mol. The molecule has 2 rings (SSSR count). The Labute approximate surface area is 137 Å². The third-order valence-electron chi connectivity index (χ3n) is 2.46. The van der Waals surface area contributed by atoms with Gasteiger partial charge in [-0.1, -0.05) is 11.6 Å². The van der Waals surface area contributed by atoms with E-state index in [1.54, 1.807) is 0 Å². The largest absolute Gasteiger partial charge is 0.368 e. The molecule has 2 aromatic heterocycles. The van der Waals surface area contributed by atoms with Crippen LogP contribution in [0.25, 0.3) is 0 Å². The van der Waals surface area contributed by atoms with Gasteiger partial charge in [0.15, 0.2) is 5.82 Å². The standard InChI is InChI=1S/C11H9ClFIN6O/c12-9-8(14)10(19-11(15)18-9)20(16)7(21)4-6-5(13)2-1-3-17-6/h1-3H,4,16H2,(H2,15,18,19). The molecule has 0 aliphatic heterocycles. The zero-order valence-electron chi connectivity index (χ0n) is 10.4. The van der Waals surface area contributed by atoms with E-state index in [-0.39, 0.29) is 29.0 Å². The summed E-state index contributed by atoms with van der Waals surface area (Å²) in [6.07, 6.45) is 1.07. The molecule has 4 N–H and O–H groups in total. The number of anilines is 2. The van der Waals surface area contributed by atoms with Crippen molar-refractivity contribution in [3.63, 3.8) is 0 Å². The minimum absolute atomic E-state index is 0.0129. The predicted molar refractivity (Wildman–Crippen MR) is 83.7 cm³/mol. The fourth-order valence-electron chi connectivity index (χ4n) is 1.48. The fraction of sp³-hybridized carbons (Fsp3) is 0.0909. The molecule has 10 heteroatoms. The minimum atomic E-state index is -0.611. The van der Waals surface area contributed by atoms with Gasteiger partial charge >= 0.3 is 0 Å². The molecule has 0 spiro atoms. The number of nitrogens with zero attached hydrogens (tertiary/aromatic N) is 4. The Hall–Kier alpha value is -1.59. The predicted octanol–water partition coefficient (Wildman–Crippen LogP) is 1.30. The molecule has 2 aromatic rings. The average Bonchev–Trinajstić information content (AvgIpc) is 2.44. The van der Waals surface area contributed by atoms with Gasteiger partial charge in [-0.2, -0.15) is 4.98 Å². The summed E-state index contributed by atoms with van der Waals surface area (Å²) in [7, 11) is 0. The maximum Gasteiger partial charge on any atom is 0.248 e. The normalized spacial score (nSPS) is 10.5. The van der Waals surface area contributed by atoms with Gasteiger partial charge in [-0.25, -0.2) is 20.2 Å². The summed E-state index contributed by atoms with van der Waals surface area (Å²) in [5.41, 5.74) is 5.45. The number of nitrogen functional groups attached to an aromatic ring is 1. The number of halogens is 3. The van der Waals surface area contributed by atoms with E-state index in [0.717, 1.165) is 5.01 Å². The summed E-state index contributed by atoms with van der Waals surface area (Å²) in [6.45, 7) is 0. The van der Waals surface area contributed by atoms with Crippen molar-refractivity contribution in [2.75, 3.05) is 10.7 Å². The van der Waals surface area contributed by atoms with Crippen LogP contribution in [0, 0.1) is 9.39 Å². The molecule has 0 atom stereocenters. The molecular weight excluding hydrogens is 414 g/mol. The molecule has 0 radical (unpaired) electrons. The first kappa shape index (κ1) is 15.8. The fourth-order valence-corrected chi connectivity index (χ4v) is 2.15. The van der Waals surface area contributed by atoms with Crippen LogP contribution >= 0.6 is 34.2 Å². The summed E-state index contributed by atoms with van der Waals surface area (Å²) in [5.74, 6) is 4.43. The zero-order chi connectivity index (χ0) is 15.6. The summed E-state index contributed by atoms with van der Waals surface area (Å²) in [5, 5.41) is 0.824. The number of hydrogen-bond acceptors (Lipinski definition) is 6. The SMILES string of the molecule is Nc1nc(Cl)c(I)c(N(N)C(=O)Cc2ncccc2F)n1. The smallest absolute Gasteiger partial charge is 0.248 e. The Morgan fingerprint density at radius 2 is 2.19 bits per heavy atom. The van der Waals surface area contributed by atoms with Crippen LogP contribution in [0.2, 0.25) is 5.15 Å². The van der Waals surface area contributed by atoms with E-state index in [1.807, 2.05) is 22.6 Å². The van der Waals surface area contributed by atoms with Crippen molar-refractivity contribution in [3.05, 3.63) is 38.6 Å². The second-order valence-corrected chi connectivity index (χ2v) is 5.32. The van der Waals surface area contributed by atoms with Gasteiger partial charge in [0.2, 0.25) is 11.9 Å². The second-order valence-electron chi connectivity index (χ2n) is 3.88. The molecule has 110 valence electrons. The molecule has 0 saturated heterocycles. The molecule has 0 saturated carbocycles. The molecule has 0 fully saturated rings. The average molecular weight is 423 g/mol. The molecule has 1 amide bonds. The number of carbonyl (C=O) groups is 1. The van der Waals surface area contributed by atoms with Crippen molar-refractivity contribution >= 4 is 51.9 Å². The molecule has 0 aliphatic rings. The number of carbonyl (C=O) groups excluding carboxylic acids is 1. The summed E-state index contributed by atoms with van der Waals surface area (Å²) in [4.78, 5) is 23.5. The second kappa shape index (κ2) is 6.45. The highest BCUT2D eigenvalue weighted by molar-refractivity contribution is 14.1. The number of rotatable bonds is 3. The zero-order valence-corrected chi connectivity index (χ0v) is 13.3. The lowest BCUT2D eigenvalue weighted by molar-refractivity contribution is -0.118. The highest BCUT2D eigenvalue weighted by Gasteiger charge is 2.21. The number of pyridine rings is 1. The van der Waals surface area contributed by atoms with Crippen molar-refractivity contribution in [1.29, 1.82) is 0 Å². The first-order valence-corrected chi connectivity index (χ1v) is 7.01. The lowest BCUT2D eigenvalue weighted by atomic mass is 10.2. The molecule has 0 unspecified atom stereocenters. The Bertz CT molecular complexity index is 700. The van der Waals surface area contributed by atoms with E-state index < -0.39 is 11.7 Å². The molecule has 0 aliphatic carbocycles. The Kier molecular flexibility index (Phi) is 4.85. The minimum Gasteiger partial charge on any atom is -0.368 e. The topological polar surface area (TPSA) is 111 Å². The summed E-state index contributed by atoms with van der Waals surface area (Å²) >= 11 is 7.68. The van der Waals surface area contributed by atoms with Crippen LogP contribution < -0.4 is 16.6 Å². The van der Waals surface area contributed by atoms with Gasteiger partial charge in [0, 0.05) is 6.20 Å². The highest BCUT2D eigenvalue weighted by Crippen LogP contribution is 2.25. The Morgan fingerprint density at radius 1 is 1.48 bits per heavy atom. The number of amides is 1.